The number of hydrogen-bond acceptors (Lipinski definition) is 3. The van der Waals surface area contributed by atoms with Crippen LogP contribution in [0.25, 0.3) is 72.7 Å². The quantitative estimate of drug-likeness (QED) is 0.147. The number of aromatic nitrogens is 3. The van der Waals surface area contributed by atoms with Crippen molar-refractivity contribution < 1.29 is 33.0 Å². The van der Waals surface area contributed by atoms with Crippen molar-refractivity contribution in [3.8, 4) is 67.5 Å². The SMILES string of the molecule is [2H]c1c([2H])c([2H])c(-c2ccnc(-c3[c-]c(-c4cccc5c4nc(-c4cc(C(C)(C)C)cc(C(C)(C)C)c4O)n5-c4ccc(C(C)(C)C)cc4-c4ccccc4)cc(C(CC)CC)c3)c2)c([2H])c1[2H].[Pt]. The van der Waals surface area contributed by atoms with Crippen molar-refractivity contribution in [1.29, 1.82) is 0 Å². The number of fused-ring (bicyclic) bond motifs is 1. The van der Waals surface area contributed by atoms with Gasteiger partial charge in [-0.3, -0.25) is 9.55 Å². The number of aromatic hydroxyl groups is 1. The zero-order chi connectivity index (χ0) is 49.2. The molecule has 8 aromatic rings. The van der Waals surface area contributed by atoms with Crippen LogP contribution < -0.4 is 0 Å². The summed E-state index contributed by atoms with van der Waals surface area (Å²) in [5.74, 6) is 1.04. The van der Waals surface area contributed by atoms with Crippen LogP contribution in [0.5, 0.6) is 5.75 Å². The standard InChI is InChI=1S/C59H62N3O.Pt/c1-12-38(13-2)42-31-43(33-44(32-42)51-34-41(29-30-60-51)39-21-16-14-17-22-39)47-25-20-26-53-54(47)61-56(49-36-46(58(6,7)8)37-50(55(49)63)59(9,10)11)62(53)52-28-27-45(57(3,4)5)35-48(52)40-23-18-15-19-24-40;/h14-32,34-38,63H,12-13H2,1-11H3;/q-1;/i14D,16D,17D,21D,22D;. The molecule has 0 radical (unpaired) electrons. The van der Waals surface area contributed by atoms with Crippen molar-refractivity contribution in [3.05, 3.63) is 168 Å². The molecule has 0 amide bonds. The van der Waals surface area contributed by atoms with Gasteiger partial charge in [0, 0.05) is 44.1 Å². The molecule has 0 spiro atoms. The summed E-state index contributed by atoms with van der Waals surface area (Å²) in [6.07, 6.45) is 3.44. The molecular weight excluding hydrogens is 962 g/mol. The van der Waals surface area contributed by atoms with Gasteiger partial charge in [-0.2, -0.15) is 0 Å². The Morgan fingerprint density at radius 1 is 0.641 bits per heavy atom. The van der Waals surface area contributed by atoms with Gasteiger partial charge in [-0.1, -0.05) is 191 Å². The summed E-state index contributed by atoms with van der Waals surface area (Å²) in [4.78, 5) is 10.4. The Morgan fingerprint density at radius 3 is 1.97 bits per heavy atom. The molecular formula is C59H62N3OPt-. The van der Waals surface area contributed by atoms with Gasteiger partial charge in [-0.05, 0) is 80.3 Å². The van der Waals surface area contributed by atoms with Gasteiger partial charge in [0.1, 0.15) is 11.6 Å². The molecule has 0 saturated heterocycles. The van der Waals surface area contributed by atoms with Crippen molar-refractivity contribution in [2.24, 2.45) is 0 Å². The number of hydrogen-bond donors (Lipinski definition) is 1. The Hall–Kier alpha value is -5.57. The number of phenols is 1. The largest absolute Gasteiger partial charge is 0.507 e. The number of nitrogens with zero attached hydrogens (tertiary/aromatic N) is 3. The van der Waals surface area contributed by atoms with E-state index in [1.165, 1.54) is 5.56 Å². The second-order valence-corrected chi connectivity index (χ2v) is 19.9. The second-order valence-electron chi connectivity index (χ2n) is 19.9. The summed E-state index contributed by atoms with van der Waals surface area (Å²) in [6, 6.07) is 37.5. The topological polar surface area (TPSA) is 50.9 Å². The maximum Gasteiger partial charge on any atom is 0.148 e. The third kappa shape index (κ3) is 9.18. The number of phenolic OH excluding ortho intramolecular Hbond substituents is 1. The monoisotopic (exact) mass is 1030 g/mol. The third-order valence-corrected chi connectivity index (χ3v) is 12.4. The molecule has 0 bridgehead atoms. The van der Waals surface area contributed by atoms with Gasteiger partial charge in [0.05, 0.1) is 29.1 Å². The summed E-state index contributed by atoms with van der Waals surface area (Å²) in [7, 11) is 0. The van der Waals surface area contributed by atoms with E-state index in [0.29, 0.717) is 28.2 Å². The Labute approximate surface area is 403 Å². The molecule has 0 unspecified atom stereocenters. The van der Waals surface area contributed by atoms with E-state index in [9.17, 15) is 5.11 Å². The first-order valence-electron chi connectivity index (χ1n) is 24.7. The normalized spacial score (nSPS) is 13.3. The van der Waals surface area contributed by atoms with Gasteiger partial charge in [-0.25, -0.2) is 4.98 Å². The third-order valence-electron chi connectivity index (χ3n) is 12.4. The predicted molar refractivity (Wildman–Crippen MR) is 266 cm³/mol. The van der Waals surface area contributed by atoms with Crippen LogP contribution in [0.2, 0.25) is 0 Å². The molecule has 1 N–H and O–H groups in total. The van der Waals surface area contributed by atoms with E-state index >= 15 is 0 Å². The first-order valence-corrected chi connectivity index (χ1v) is 22.2. The van der Waals surface area contributed by atoms with E-state index in [1.54, 1.807) is 18.3 Å². The predicted octanol–water partition coefficient (Wildman–Crippen LogP) is 16.1. The van der Waals surface area contributed by atoms with Crippen LogP contribution in [0, 0.1) is 6.07 Å². The molecule has 6 aromatic carbocycles. The summed E-state index contributed by atoms with van der Waals surface area (Å²) in [6.45, 7) is 24.1. The van der Waals surface area contributed by atoms with Crippen LogP contribution in [0.15, 0.2) is 140 Å². The van der Waals surface area contributed by atoms with Crippen LogP contribution in [0.4, 0.5) is 0 Å². The molecule has 5 heteroatoms. The van der Waals surface area contributed by atoms with Gasteiger partial charge < -0.3 is 5.11 Å². The molecule has 0 fully saturated rings. The first-order chi connectivity index (χ1) is 32.0. The summed E-state index contributed by atoms with van der Waals surface area (Å²) in [5, 5.41) is 12.6. The van der Waals surface area contributed by atoms with Gasteiger partial charge >= 0.3 is 0 Å². The van der Waals surface area contributed by atoms with Gasteiger partial charge in [-0.15, -0.1) is 29.3 Å². The van der Waals surface area contributed by atoms with E-state index in [0.717, 1.165) is 68.5 Å². The molecule has 0 atom stereocenters. The number of benzene rings is 6. The Morgan fingerprint density at radius 2 is 1.31 bits per heavy atom. The summed E-state index contributed by atoms with van der Waals surface area (Å²) < 4.78 is 44.6. The molecule has 2 heterocycles. The Kier molecular flexibility index (Phi) is 11.3. The van der Waals surface area contributed by atoms with Gasteiger partial charge in [0.2, 0.25) is 0 Å². The van der Waals surface area contributed by atoms with Crippen LogP contribution in [-0.4, -0.2) is 19.6 Å². The minimum Gasteiger partial charge on any atom is -0.507 e. The van der Waals surface area contributed by atoms with Crippen molar-refractivity contribution in [1.82, 2.24) is 14.5 Å². The van der Waals surface area contributed by atoms with Gasteiger partial charge in [0.25, 0.3) is 0 Å². The number of pyridine rings is 1. The van der Waals surface area contributed by atoms with Crippen molar-refractivity contribution in [3.63, 3.8) is 0 Å². The number of para-hydroxylation sites is 1. The Balaban J connectivity index is 0.00000703. The van der Waals surface area contributed by atoms with Crippen LogP contribution in [0.1, 0.15) is 124 Å². The van der Waals surface area contributed by atoms with E-state index in [1.807, 2.05) is 6.07 Å². The van der Waals surface area contributed by atoms with Crippen molar-refractivity contribution in [2.75, 3.05) is 0 Å². The number of rotatable bonds is 9. The van der Waals surface area contributed by atoms with Crippen LogP contribution in [-0.2, 0) is 37.3 Å². The molecule has 0 saturated carbocycles. The van der Waals surface area contributed by atoms with Crippen molar-refractivity contribution >= 4 is 11.0 Å². The summed E-state index contributed by atoms with van der Waals surface area (Å²) >= 11 is 0. The molecule has 2 aromatic heterocycles. The van der Waals surface area contributed by atoms with E-state index in [-0.39, 0.29) is 78.7 Å². The molecule has 0 aliphatic carbocycles. The minimum atomic E-state index is -0.432. The maximum atomic E-state index is 12.6. The van der Waals surface area contributed by atoms with Crippen LogP contribution >= 0.6 is 0 Å². The van der Waals surface area contributed by atoms with E-state index in [4.69, 9.17) is 16.8 Å². The van der Waals surface area contributed by atoms with Crippen molar-refractivity contribution in [2.45, 2.75) is 111 Å². The summed E-state index contributed by atoms with van der Waals surface area (Å²) in [5.41, 5.74) is 12.3. The van der Waals surface area contributed by atoms with Crippen LogP contribution in [0.3, 0.4) is 0 Å². The molecule has 8 rings (SSSR count). The maximum absolute atomic E-state index is 12.6. The fraction of sp³-hybridized carbons (Fsp3) is 0.288. The molecule has 0 aliphatic rings. The Bertz CT molecular complexity index is 3200. The molecule has 64 heavy (non-hydrogen) atoms. The second kappa shape index (κ2) is 18.1. The minimum absolute atomic E-state index is 0. The van der Waals surface area contributed by atoms with Gasteiger partial charge in [0.15, 0.2) is 0 Å². The molecule has 330 valence electrons. The van der Waals surface area contributed by atoms with E-state index < -0.39 is 6.04 Å². The smallest absolute Gasteiger partial charge is 0.148 e. The fourth-order valence-electron chi connectivity index (χ4n) is 8.60. The first kappa shape index (κ1) is 40.0. The molecule has 0 aliphatic heterocycles. The average molecular weight is 1030 g/mol. The average Bonchev–Trinajstić information content (AvgIpc) is 3.69. The van der Waals surface area contributed by atoms with E-state index in [2.05, 4.69) is 172 Å². The zero-order valence-electron chi connectivity index (χ0n) is 44.0. The zero-order valence-corrected chi connectivity index (χ0v) is 41.3. The molecule has 4 nitrogen and oxygen atoms in total. The number of imidazole rings is 1. The fourth-order valence-corrected chi connectivity index (χ4v) is 8.60.